The van der Waals surface area contributed by atoms with E-state index in [4.69, 9.17) is 5.11 Å². The minimum Gasteiger partial charge on any atom is -0.478 e. The molecule has 0 aliphatic carbocycles. The highest BCUT2D eigenvalue weighted by atomic mass is 32.2. The Morgan fingerprint density at radius 2 is 2.07 bits per heavy atom. The van der Waals surface area contributed by atoms with Gasteiger partial charge in [0.25, 0.3) is 0 Å². The number of carbonyl (C=O) groups is 1. The Morgan fingerprint density at radius 1 is 1.36 bits per heavy atom. The Bertz CT molecular complexity index is 502. The molecule has 74 valence electrons. The molecule has 0 unspecified atom stereocenters. The quantitative estimate of drug-likeness (QED) is 0.744. The molecule has 1 aliphatic rings. The van der Waals surface area contributed by atoms with Crippen molar-refractivity contribution in [3.05, 3.63) is 29.3 Å². The molecule has 1 N–H and O–H groups in total. The zero-order valence-electron chi connectivity index (χ0n) is 7.23. The highest BCUT2D eigenvalue weighted by molar-refractivity contribution is 7.91. The van der Waals surface area contributed by atoms with Crippen molar-refractivity contribution in [2.24, 2.45) is 0 Å². The number of hydrogen-bond donors (Lipinski definition) is 1. The van der Waals surface area contributed by atoms with Crippen LogP contribution in [0.3, 0.4) is 0 Å². The number of carboxylic acid groups (broad SMARTS) is 1. The number of hydrogen-bond acceptors (Lipinski definition) is 3. The highest BCUT2D eigenvalue weighted by Gasteiger charge is 2.26. The molecule has 0 saturated carbocycles. The summed E-state index contributed by atoms with van der Waals surface area (Å²) in [6, 6.07) is 4.24. The van der Waals surface area contributed by atoms with Gasteiger partial charge < -0.3 is 5.11 Å². The molecule has 0 aromatic heterocycles. The van der Waals surface area contributed by atoms with Crippen LogP contribution < -0.4 is 0 Å². The van der Waals surface area contributed by atoms with Crippen molar-refractivity contribution in [2.45, 2.75) is 11.3 Å². The van der Waals surface area contributed by atoms with Gasteiger partial charge in [-0.15, -0.1) is 0 Å². The maximum Gasteiger partial charge on any atom is 0.335 e. The maximum atomic E-state index is 11.4. The summed E-state index contributed by atoms with van der Waals surface area (Å²) >= 11 is 0. The molecular weight excluding hydrogens is 204 g/mol. The summed E-state index contributed by atoms with van der Waals surface area (Å²) < 4.78 is 22.9. The van der Waals surface area contributed by atoms with Crippen LogP contribution in [0.25, 0.3) is 0 Å². The summed E-state index contributed by atoms with van der Waals surface area (Å²) in [5, 5.41) is 8.69. The molecule has 0 atom stereocenters. The number of sulfone groups is 1. The van der Waals surface area contributed by atoms with Gasteiger partial charge in [-0.1, -0.05) is 6.07 Å². The molecule has 4 nitrogen and oxygen atoms in total. The summed E-state index contributed by atoms with van der Waals surface area (Å²) in [6.07, 6.45) is 0.484. The third kappa shape index (κ3) is 1.29. The van der Waals surface area contributed by atoms with Gasteiger partial charge in [0.05, 0.1) is 16.2 Å². The summed E-state index contributed by atoms with van der Waals surface area (Å²) in [5.74, 6) is -1.01. The van der Waals surface area contributed by atoms with Crippen molar-refractivity contribution in [1.29, 1.82) is 0 Å². The molecule has 1 aromatic carbocycles. The molecule has 1 aromatic rings. The van der Waals surface area contributed by atoms with Crippen molar-refractivity contribution < 1.29 is 18.3 Å². The van der Waals surface area contributed by atoms with Gasteiger partial charge in [-0.2, -0.15) is 0 Å². The van der Waals surface area contributed by atoms with E-state index in [1.807, 2.05) is 0 Å². The molecule has 0 fully saturated rings. The van der Waals surface area contributed by atoms with Crippen LogP contribution in [0.15, 0.2) is 23.1 Å². The van der Waals surface area contributed by atoms with E-state index in [0.717, 1.165) is 5.56 Å². The Kier molecular flexibility index (Phi) is 1.85. The van der Waals surface area contributed by atoms with Gasteiger partial charge in [0.2, 0.25) is 0 Å². The summed E-state index contributed by atoms with van der Waals surface area (Å²) in [4.78, 5) is 10.8. The van der Waals surface area contributed by atoms with Crippen LogP contribution >= 0.6 is 0 Å². The second-order valence-corrected chi connectivity index (χ2v) is 5.27. The molecule has 14 heavy (non-hydrogen) atoms. The van der Waals surface area contributed by atoms with Gasteiger partial charge in [0.15, 0.2) is 9.84 Å². The minimum absolute atomic E-state index is 0.0224. The van der Waals surface area contributed by atoms with Crippen LogP contribution in [0, 0.1) is 0 Å². The molecule has 2 rings (SSSR count). The fraction of sp³-hybridized carbons (Fsp3) is 0.222. The average Bonchev–Trinajstić information content (AvgIpc) is 2.42. The Hall–Kier alpha value is -1.36. The first-order valence-corrected chi connectivity index (χ1v) is 5.75. The number of rotatable bonds is 1. The minimum atomic E-state index is -3.22. The Morgan fingerprint density at radius 3 is 2.71 bits per heavy atom. The lowest BCUT2D eigenvalue weighted by atomic mass is 10.1. The van der Waals surface area contributed by atoms with Gasteiger partial charge in [-0.25, -0.2) is 13.2 Å². The zero-order valence-corrected chi connectivity index (χ0v) is 8.04. The fourth-order valence-electron chi connectivity index (χ4n) is 1.54. The van der Waals surface area contributed by atoms with E-state index in [1.165, 1.54) is 12.1 Å². The molecule has 0 saturated heterocycles. The van der Waals surface area contributed by atoms with Gasteiger partial charge in [0.1, 0.15) is 0 Å². The lowest BCUT2D eigenvalue weighted by molar-refractivity contribution is 0.0696. The van der Waals surface area contributed by atoms with E-state index >= 15 is 0 Å². The van der Waals surface area contributed by atoms with Gasteiger partial charge in [-0.05, 0) is 24.1 Å². The van der Waals surface area contributed by atoms with Crippen molar-refractivity contribution >= 4 is 15.8 Å². The van der Waals surface area contributed by atoms with Gasteiger partial charge >= 0.3 is 5.97 Å². The number of benzene rings is 1. The lowest BCUT2D eigenvalue weighted by Crippen LogP contribution is -2.01. The smallest absolute Gasteiger partial charge is 0.335 e. The van der Waals surface area contributed by atoms with Crippen molar-refractivity contribution in [1.82, 2.24) is 0 Å². The molecule has 0 radical (unpaired) electrons. The second kappa shape index (κ2) is 2.81. The van der Waals surface area contributed by atoms with Gasteiger partial charge in [0, 0.05) is 0 Å². The van der Waals surface area contributed by atoms with Crippen molar-refractivity contribution in [2.75, 3.05) is 5.75 Å². The Balaban J connectivity index is 2.65. The number of carboxylic acids is 1. The van der Waals surface area contributed by atoms with E-state index < -0.39 is 15.8 Å². The standard InChI is InChI=1S/C9H8O4S/c10-9(11)7-2-1-6-3-4-14(12,13)8(6)5-7/h1-2,5H,3-4H2,(H,10,11). The molecule has 0 amide bonds. The van der Waals surface area contributed by atoms with E-state index in [0.29, 0.717) is 6.42 Å². The third-order valence-corrected chi connectivity index (χ3v) is 4.08. The fourth-order valence-corrected chi connectivity index (χ4v) is 3.12. The normalized spacial score (nSPS) is 17.7. The van der Waals surface area contributed by atoms with Crippen LogP contribution in [0.5, 0.6) is 0 Å². The predicted molar refractivity (Wildman–Crippen MR) is 49.2 cm³/mol. The maximum absolute atomic E-state index is 11.4. The van der Waals surface area contributed by atoms with Crippen molar-refractivity contribution in [3.8, 4) is 0 Å². The molecular formula is C9H8O4S. The zero-order chi connectivity index (χ0) is 10.3. The van der Waals surface area contributed by atoms with E-state index in [9.17, 15) is 13.2 Å². The molecule has 0 bridgehead atoms. The van der Waals surface area contributed by atoms with Crippen LogP contribution in [0.2, 0.25) is 0 Å². The first kappa shape index (κ1) is 9.21. The molecule has 5 heteroatoms. The van der Waals surface area contributed by atoms with E-state index in [2.05, 4.69) is 0 Å². The monoisotopic (exact) mass is 212 g/mol. The second-order valence-electron chi connectivity index (χ2n) is 3.20. The summed E-state index contributed by atoms with van der Waals surface area (Å²) in [7, 11) is -3.22. The summed E-state index contributed by atoms with van der Waals surface area (Å²) in [6.45, 7) is 0. The molecule has 1 aliphatic heterocycles. The third-order valence-electron chi connectivity index (χ3n) is 2.29. The summed E-state index contributed by atoms with van der Waals surface area (Å²) in [5.41, 5.74) is 0.740. The number of fused-ring (bicyclic) bond motifs is 1. The molecule has 0 spiro atoms. The predicted octanol–water partition coefficient (Wildman–Crippen LogP) is 0.715. The van der Waals surface area contributed by atoms with Crippen LogP contribution in [-0.4, -0.2) is 25.2 Å². The van der Waals surface area contributed by atoms with Crippen LogP contribution in [0.4, 0.5) is 0 Å². The largest absolute Gasteiger partial charge is 0.478 e. The number of aromatic carboxylic acids is 1. The van der Waals surface area contributed by atoms with Crippen LogP contribution in [0.1, 0.15) is 15.9 Å². The molecule has 1 heterocycles. The van der Waals surface area contributed by atoms with E-state index in [1.54, 1.807) is 6.07 Å². The van der Waals surface area contributed by atoms with Gasteiger partial charge in [-0.3, -0.25) is 0 Å². The Labute approximate surface area is 81.1 Å². The first-order chi connectivity index (χ1) is 6.50. The van der Waals surface area contributed by atoms with E-state index in [-0.39, 0.29) is 16.2 Å². The van der Waals surface area contributed by atoms with Crippen molar-refractivity contribution in [3.63, 3.8) is 0 Å². The topological polar surface area (TPSA) is 71.4 Å². The highest BCUT2D eigenvalue weighted by Crippen LogP contribution is 2.26. The average molecular weight is 212 g/mol. The van der Waals surface area contributed by atoms with Crippen LogP contribution in [-0.2, 0) is 16.3 Å². The number of aryl methyl sites for hydroxylation is 1. The lowest BCUT2D eigenvalue weighted by Gasteiger charge is -1.99. The first-order valence-electron chi connectivity index (χ1n) is 4.10. The SMILES string of the molecule is O=C(O)c1ccc2c(c1)S(=O)(=O)CC2.